The lowest BCUT2D eigenvalue weighted by molar-refractivity contribution is -0.111. The molecule has 0 spiro atoms. The van der Waals surface area contributed by atoms with Crippen LogP contribution in [0.25, 0.3) is 6.08 Å². The first-order valence-corrected chi connectivity index (χ1v) is 6.93. The number of ether oxygens (including phenoxy) is 2. The van der Waals surface area contributed by atoms with E-state index in [9.17, 15) is 4.79 Å². The lowest BCUT2D eigenvalue weighted by atomic mass is 10.2. The Bertz CT molecular complexity index is 750. The van der Waals surface area contributed by atoms with Crippen LogP contribution in [0.15, 0.2) is 48.5 Å². The second-order valence-corrected chi connectivity index (χ2v) is 4.69. The summed E-state index contributed by atoms with van der Waals surface area (Å²) in [4.78, 5) is 12.0. The molecule has 2 aromatic carbocycles. The van der Waals surface area contributed by atoms with Gasteiger partial charge in [0, 0.05) is 23.4 Å². The fourth-order valence-electron chi connectivity index (χ4n) is 1.97. The topological polar surface area (TPSA) is 47.6 Å². The minimum absolute atomic E-state index is 0.249. The van der Waals surface area contributed by atoms with Crippen LogP contribution < -0.4 is 14.8 Å². The van der Waals surface area contributed by atoms with Crippen molar-refractivity contribution in [2.45, 2.75) is 0 Å². The molecule has 0 heterocycles. The number of rotatable bonds is 5. The molecule has 0 aromatic heterocycles. The van der Waals surface area contributed by atoms with Crippen LogP contribution in [0.5, 0.6) is 11.5 Å². The summed E-state index contributed by atoms with van der Waals surface area (Å²) in [6.45, 7) is 0. The summed E-state index contributed by atoms with van der Waals surface area (Å²) in [6.07, 6.45) is 8.47. The van der Waals surface area contributed by atoms with Crippen molar-refractivity contribution in [2.75, 3.05) is 19.5 Å². The van der Waals surface area contributed by atoms with Crippen molar-refractivity contribution in [1.29, 1.82) is 0 Å². The van der Waals surface area contributed by atoms with Gasteiger partial charge in [-0.05, 0) is 42.0 Å². The minimum atomic E-state index is -0.249. The van der Waals surface area contributed by atoms with Crippen LogP contribution in [-0.2, 0) is 4.79 Å². The first-order valence-electron chi connectivity index (χ1n) is 6.93. The monoisotopic (exact) mass is 307 g/mol. The molecular weight excluding hydrogens is 290 g/mol. The molecule has 0 aliphatic carbocycles. The highest BCUT2D eigenvalue weighted by atomic mass is 16.5. The van der Waals surface area contributed by atoms with Gasteiger partial charge in [0.1, 0.15) is 11.5 Å². The van der Waals surface area contributed by atoms with Gasteiger partial charge in [0.2, 0.25) is 5.91 Å². The van der Waals surface area contributed by atoms with E-state index < -0.39 is 0 Å². The Morgan fingerprint density at radius 3 is 2.43 bits per heavy atom. The summed E-state index contributed by atoms with van der Waals surface area (Å²) in [5.74, 6) is 3.59. The summed E-state index contributed by atoms with van der Waals surface area (Å²) < 4.78 is 10.4. The molecule has 0 saturated carbocycles. The Labute approximate surface area is 135 Å². The van der Waals surface area contributed by atoms with E-state index >= 15 is 0 Å². The molecule has 23 heavy (non-hydrogen) atoms. The molecule has 0 aliphatic heterocycles. The van der Waals surface area contributed by atoms with Gasteiger partial charge in [0.15, 0.2) is 0 Å². The molecule has 1 N–H and O–H groups in total. The molecule has 4 nitrogen and oxygen atoms in total. The standard InChI is InChI=1S/C19H17NO3/c1-4-14-6-5-7-16(10-14)20-19(21)9-8-15-11-17(22-2)13-18(12-15)23-3/h1,5-13H,2-3H3,(H,20,21)/b9-8-. The quantitative estimate of drug-likeness (QED) is 0.681. The summed E-state index contributed by atoms with van der Waals surface area (Å²) >= 11 is 0. The van der Waals surface area contributed by atoms with E-state index in [1.54, 1.807) is 50.6 Å². The van der Waals surface area contributed by atoms with E-state index in [4.69, 9.17) is 15.9 Å². The molecule has 4 heteroatoms. The first kappa shape index (κ1) is 16.2. The summed E-state index contributed by atoms with van der Waals surface area (Å²) in [7, 11) is 3.15. The number of amides is 1. The highest BCUT2D eigenvalue weighted by Gasteiger charge is 2.01. The van der Waals surface area contributed by atoms with E-state index in [2.05, 4.69) is 11.2 Å². The second-order valence-electron chi connectivity index (χ2n) is 4.69. The molecule has 0 saturated heterocycles. The third-order valence-electron chi connectivity index (χ3n) is 3.10. The van der Waals surface area contributed by atoms with E-state index in [-0.39, 0.29) is 5.91 Å². The van der Waals surface area contributed by atoms with Gasteiger partial charge in [0.25, 0.3) is 0 Å². The number of terminal acetylenes is 1. The predicted molar refractivity (Wildman–Crippen MR) is 91.6 cm³/mol. The van der Waals surface area contributed by atoms with Gasteiger partial charge in [-0.15, -0.1) is 6.42 Å². The first-order chi connectivity index (χ1) is 11.1. The minimum Gasteiger partial charge on any atom is -0.497 e. The van der Waals surface area contributed by atoms with Gasteiger partial charge in [0.05, 0.1) is 14.2 Å². The Morgan fingerprint density at radius 1 is 1.13 bits per heavy atom. The Kier molecular flexibility index (Phi) is 5.43. The zero-order valence-corrected chi connectivity index (χ0v) is 13.0. The SMILES string of the molecule is C#Cc1cccc(NC(=O)/C=C\c2cc(OC)cc(OC)c2)c1. The highest BCUT2D eigenvalue weighted by molar-refractivity contribution is 6.02. The Morgan fingerprint density at radius 2 is 1.83 bits per heavy atom. The molecule has 2 aromatic rings. The second kappa shape index (κ2) is 7.71. The molecule has 0 aliphatic rings. The van der Waals surface area contributed by atoms with Crippen molar-refractivity contribution in [2.24, 2.45) is 0 Å². The van der Waals surface area contributed by atoms with Crippen LogP contribution >= 0.6 is 0 Å². The largest absolute Gasteiger partial charge is 0.497 e. The molecule has 0 unspecified atom stereocenters. The highest BCUT2D eigenvalue weighted by Crippen LogP contribution is 2.23. The lowest BCUT2D eigenvalue weighted by Gasteiger charge is -2.06. The Balaban J connectivity index is 2.10. The summed E-state index contributed by atoms with van der Waals surface area (Å²) in [6, 6.07) is 12.5. The molecule has 2 rings (SSSR count). The number of carbonyl (C=O) groups excluding carboxylic acids is 1. The molecular formula is C19H17NO3. The lowest BCUT2D eigenvalue weighted by Crippen LogP contribution is -2.07. The average molecular weight is 307 g/mol. The van der Waals surface area contributed by atoms with Crippen LogP contribution in [0, 0.1) is 12.3 Å². The number of hydrogen-bond donors (Lipinski definition) is 1. The Hall–Kier alpha value is -3.19. The fourth-order valence-corrected chi connectivity index (χ4v) is 1.97. The third kappa shape index (κ3) is 4.65. The molecule has 116 valence electrons. The van der Waals surface area contributed by atoms with Crippen LogP contribution in [0.4, 0.5) is 5.69 Å². The van der Waals surface area contributed by atoms with E-state index in [0.717, 1.165) is 5.56 Å². The maximum Gasteiger partial charge on any atom is 0.248 e. The fraction of sp³-hybridized carbons (Fsp3) is 0.105. The van der Waals surface area contributed by atoms with Gasteiger partial charge in [-0.25, -0.2) is 0 Å². The molecule has 0 fully saturated rings. The van der Waals surface area contributed by atoms with Gasteiger partial charge in [-0.2, -0.15) is 0 Å². The average Bonchev–Trinajstić information content (AvgIpc) is 2.59. The van der Waals surface area contributed by atoms with Crippen LogP contribution in [-0.4, -0.2) is 20.1 Å². The van der Waals surface area contributed by atoms with Crippen LogP contribution in [0.3, 0.4) is 0 Å². The van der Waals surface area contributed by atoms with Crippen molar-refractivity contribution in [3.63, 3.8) is 0 Å². The summed E-state index contributed by atoms with van der Waals surface area (Å²) in [5.41, 5.74) is 2.16. The third-order valence-corrected chi connectivity index (χ3v) is 3.10. The number of methoxy groups -OCH3 is 2. The van der Waals surface area contributed by atoms with Crippen molar-refractivity contribution in [3.8, 4) is 23.8 Å². The molecule has 0 atom stereocenters. The molecule has 1 amide bonds. The van der Waals surface area contributed by atoms with Gasteiger partial charge >= 0.3 is 0 Å². The van der Waals surface area contributed by atoms with Crippen LogP contribution in [0.1, 0.15) is 11.1 Å². The number of nitrogens with one attached hydrogen (secondary N) is 1. The zero-order chi connectivity index (χ0) is 16.7. The van der Waals surface area contributed by atoms with E-state index in [0.29, 0.717) is 22.7 Å². The van der Waals surface area contributed by atoms with Gasteiger partial charge in [-0.1, -0.05) is 12.0 Å². The zero-order valence-electron chi connectivity index (χ0n) is 13.0. The molecule has 0 bridgehead atoms. The number of anilines is 1. The summed E-state index contributed by atoms with van der Waals surface area (Å²) in [5, 5.41) is 2.76. The maximum atomic E-state index is 12.0. The molecule has 0 radical (unpaired) electrons. The van der Waals surface area contributed by atoms with E-state index in [1.807, 2.05) is 12.1 Å². The smallest absolute Gasteiger partial charge is 0.248 e. The normalized spacial score (nSPS) is 10.1. The van der Waals surface area contributed by atoms with E-state index in [1.165, 1.54) is 6.08 Å². The van der Waals surface area contributed by atoms with Gasteiger partial charge in [-0.3, -0.25) is 4.79 Å². The predicted octanol–water partition coefficient (Wildman–Crippen LogP) is 3.34. The van der Waals surface area contributed by atoms with Crippen molar-refractivity contribution < 1.29 is 14.3 Å². The van der Waals surface area contributed by atoms with Crippen molar-refractivity contribution in [1.82, 2.24) is 0 Å². The number of hydrogen-bond acceptors (Lipinski definition) is 3. The van der Waals surface area contributed by atoms with Crippen molar-refractivity contribution >= 4 is 17.7 Å². The number of carbonyl (C=O) groups is 1. The van der Waals surface area contributed by atoms with Crippen molar-refractivity contribution in [3.05, 3.63) is 59.7 Å². The van der Waals surface area contributed by atoms with Gasteiger partial charge < -0.3 is 14.8 Å². The maximum absolute atomic E-state index is 12.0. The van der Waals surface area contributed by atoms with Crippen LogP contribution in [0.2, 0.25) is 0 Å². The number of benzene rings is 2.